The molecule has 0 aliphatic carbocycles. The van der Waals surface area contributed by atoms with Gasteiger partial charge in [0, 0.05) is 49.6 Å². The molecule has 0 fully saturated rings. The van der Waals surface area contributed by atoms with E-state index < -0.39 is 14.5 Å². The predicted molar refractivity (Wildman–Crippen MR) is 260 cm³/mol. The summed E-state index contributed by atoms with van der Waals surface area (Å²) >= 11 is 0. The number of hydrogen-bond donors (Lipinski definition) is 0. The molecule has 8 aromatic rings. The Balaban J connectivity index is 0.000000313. The van der Waals surface area contributed by atoms with Gasteiger partial charge in [-0.1, -0.05) is 48.5 Å². The fourth-order valence-corrected chi connectivity index (χ4v) is 5.58. The van der Waals surface area contributed by atoms with Crippen molar-refractivity contribution in [2.75, 3.05) is 26.2 Å². The van der Waals surface area contributed by atoms with Gasteiger partial charge in [0.15, 0.2) is 0 Å². The van der Waals surface area contributed by atoms with Gasteiger partial charge in [-0.05, 0) is 97.1 Å². The second kappa shape index (κ2) is 32.0. The van der Waals surface area contributed by atoms with Gasteiger partial charge in [-0.15, -0.1) is 0 Å². The number of nitrogens with zero attached hydrogens (tertiary/aromatic N) is 12. The zero-order valence-corrected chi connectivity index (χ0v) is 40.4. The van der Waals surface area contributed by atoms with Crippen LogP contribution in [-0.2, 0) is 44.8 Å². The molecule has 0 unspecified atom stereocenters. The molecule has 0 radical (unpaired) electrons. The van der Waals surface area contributed by atoms with Gasteiger partial charge >= 0.3 is 59.3 Å². The number of halogens is 8. The van der Waals surface area contributed by atoms with Crippen molar-refractivity contribution in [1.82, 2.24) is 39.9 Å². The molecule has 0 aliphatic heterocycles. The van der Waals surface area contributed by atoms with Crippen LogP contribution in [0.4, 0.5) is 34.5 Å². The van der Waals surface area contributed by atoms with Crippen LogP contribution in [0.1, 0.15) is 22.8 Å². The summed E-state index contributed by atoms with van der Waals surface area (Å²) in [6, 6.07) is 46.4. The van der Waals surface area contributed by atoms with Crippen LogP contribution in [0.5, 0.6) is 0 Å². The van der Waals surface area contributed by atoms with Gasteiger partial charge < -0.3 is 34.5 Å². The molecule has 0 amide bonds. The molecule has 8 heterocycles. The van der Waals surface area contributed by atoms with E-state index in [4.69, 9.17) is 0 Å². The first-order valence-corrected chi connectivity index (χ1v) is 21.0. The summed E-state index contributed by atoms with van der Waals surface area (Å²) in [6.45, 7) is 2.30. The van der Waals surface area contributed by atoms with Crippen LogP contribution >= 0.6 is 0 Å². The molecule has 0 N–H and O–H groups in total. The molecule has 8 aromatic heterocycles. The summed E-state index contributed by atoms with van der Waals surface area (Å²) in [5.74, 6) is 0. The molecule has 8 rings (SSSR count). The van der Waals surface area contributed by atoms with Crippen LogP contribution in [0, 0.1) is 0 Å². The van der Waals surface area contributed by atoms with E-state index in [1.165, 1.54) is 0 Å². The van der Waals surface area contributed by atoms with Crippen molar-refractivity contribution in [3.63, 3.8) is 0 Å². The quantitative estimate of drug-likeness (QED) is 0.0452. The second-order valence-electron chi connectivity index (χ2n) is 13.8. The van der Waals surface area contributed by atoms with E-state index in [2.05, 4.69) is 59.8 Å². The summed E-state index contributed by atoms with van der Waals surface area (Å²) < 4.78 is 78.0. The molecule has 0 bridgehead atoms. The number of rotatable bonds is 14. The molecule has 24 heteroatoms. The van der Waals surface area contributed by atoms with E-state index in [1.807, 2.05) is 146 Å². The van der Waals surface area contributed by atoms with Gasteiger partial charge in [-0.2, -0.15) is 0 Å². The van der Waals surface area contributed by atoms with E-state index in [9.17, 15) is 34.5 Å². The van der Waals surface area contributed by atoms with Crippen LogP contribution in [0.2, 0.25) is 0 Å². The Morgan fingerprint density at radius 3 is 0.667 bits per heavy atom. The van der Waals surface area contributed by atoms with Crippen molar-refractivity contribution in [3.8, 4) is 45.6 Å². The molecule has 0 saturated heterocycles. The van der Waals surface area contributed by atoms with E-state index in [-0.39, 0.29) is 44.8 Å². The molecule has 0 atom stereocenters. The third kappa shape index (κ3) is 24.7. The first-order chi connectivity index (χ1) is 33.8. The maximum Gasteiger partial charge on any atom is 1.00 e. The SMILES string of the molecule is C(=NCCN=Cc1cccc(-c2ccccn2)n1)c1cccc(-c2ccccn2)n1.C(=NCCN=Cc1cccc(-c2ccccn2)n1)c1cccc(-c2ccccn2)n1.F[B-](F)(F)F.F[B-](F)(F)F.[Ag+].[Ag+]. The molecular formula is C48H40Ag2B2F8N12. The molecular weight excluding hydrogens is 1130 g/mol. The third-order valence-electron chi connectivity index (χ3n) is 8.40. The van der Waals surface area contributed by atoms with Crippen LogP contribution in [0.25, 0.3) is 45.6 Å². The van der Waals surface area contributed by atoms with E-state index in [1.54, 1.807) is 49.6 Å². The molecule has 0 aliphatic rings. The number of hydrogen-bond acceptors (Lipinski definition) is 12. The van der Waals surface area contributed by atoms with Crippen LogP contribution in [0.15, 0.2) is 190 Å². The van der Waals surface area contributed by atoms with E-state index >= 15 is 0 Å². The maximum absolute atomic E-state index is 9.75. The van der Waals surface area contributed by atoms with Crippen LogP contribution in [-0.4, -0.2) is 105 Å². The summed E-state index contributed by atoms with van der Waals surface area (Å²) in [7, 11) is -12.0. The monoisotopic (exact) mass is 1170 g/mol. The smallest absolute Gasteiger partial charge is 0.418 e. The predicted octanol–water partition coefficient (Wildman–Crippen LogP) is 10.9. The Bertz CT molecular complexity index is 2520. The van der Waals surface area contributed by atoms with Crippen molar-refractivity contribution in [3.05, 3.63) is 193 Å². The Hall–Kier alpha value is -7.07. The molecule has 0 aromatic carbocycles. The maximum atomic E-state index is 9.75. The Morgan fingerprint density at radius 1 is 0.292 bits per heavy atom. The largest absolute Gasteiger partial charge is 1.00 e. The van der Waals surface area contributed by atoms with Crippen LogP contribution in [0.3, 0.4) is 0 Å². The third-order valence-corrected chi connectivity index (χ3v) is 8.40. The molecule has 376 valence electrons. The second-order valence-corrected chi connectivity index (χ2v) is 13.8. The molecule has 0 saturated carbocycles. The minimum absolute atomic E-state index is 0. The Labute approximate surface area is 440 Å². The Morgan fingerprint density at radius 2 is 0.486 bits per heavy atom. The van der Waals surface area contributed by atoms with Gasteiger partial charge in [0.1, 0.15) is 0 Å². The average molecular weight is 1170 g/mol. The van der Waals surface area contributed by atoms with Crippen molar-refractivity contribution in [1.29, 1.82) is 0 Å². The van der Waals surface area contributed by atoms with Gasteiger partial charge in [0.05, 0.1) is 94.5 Å². The number of pyridine rings is 8. The zero-order chi connectivity index (χ0) is 49.9. The first-order valence-electron chi connectivity index (χ1n) is 21.0. The summed E-state index contributed by atoms with van der Waals surface area (Å²) in [4.78, 5) is 53.3. The van der Waals surface area contributed by atoms with E-state index in [0.717, 1.165) is 68.3 Å². The normalized spacial score (nSPS) is 11.1. The van der Waals surface area contributed by atoms with E-state index in [0.29, 0.717) is 26.2 Å². The number of aliphatic imine (C=N–C) groups is 4. The topological polar surface area (TPSA) is 153 Å². The van der Waals surface area contributed by atoms with Crippen molar-refractivity contribution in [2.45, 2.75) is 0 Å². The minimum atomic E-state index is -6.00. The molecule has 72 heavy (non-hydrogen) atoms. The standard InChI is InChI=1S/2C24H20N6.2Ag.2BF4/c2*1-3-13-27-21(9-1)23-11-5-7-19(29-23)17-25-15-16-26-18-20-8-6-12-24(30-20)22-10-2-4-14-28-22;;;2*2-1(3,4)5/h2*1-14,17-18H,15-16H2;;;;/q;;2*+1;2*-1. The molecule has 0 spiro atoms. The first kappa shape index (κ1) is 59.2. The summed E-state index contributed by atoms with van der Waals surface area (Å²) in [5.41, 5.74) is 9.89. The molecule has 12 nitrogen and oxygen atoms in total. The fraction of sp³-hybridized carbons (Fsp3) is 0.0833. The van der Waals surface area contributed by atoms with Crippen molar-refractivity contribution in [2.24, 2.45) is 20.0 Å². The minimum Gasteiger partial charge on any atom is -0.418 e. The summed E-state index contributed by atoms with van der Waals surface area (Å²) in [6.07, 6.45) is 14.1. The van der Waals surface area contributed by atoms with Gasteiger partial charge in [-0.25, -0.2) is 19.9 Å². The van der Waals surface area contributed by atoms with Crippen molar-refractivity contribution >= 4 is 39.4 Å². The fourth-order valence-electron chi connectivity index (χ4n) is 5.58. The van der Waals surface area contributed by atoms with Gasteiger partial charge in [0.25, 0.3) is 0 Å². The van der Waals surface area contributed by atoms with Crippen LogP contribution < -0.4 is 0 Å². The van der Waals surface area contributed by atoms with Crippen molar-refractivity contribution < 1.29 is 79.3 Å². The summed E-state index contributed by atoms with van der Waals surface area (Å²) in [5, 5.41) is 0. The average Bonchev–Trinajstić information content (AvgIpc) is 3.37. The Kier molecular flexibility index (Phi) is 26.3. The zero-order valence-electron chi connectivity index (χ0n) is 37.5. The number of aromatic nitrogens is 8. The van der Waals surface area contributed by atoms with Gasteiger partial charge in [0.2, 0.25) is 0 Å². The van der Waals surface area contributed by atoms with Gasteiger partial charge in [-0.3, -0.25) is 39.9 Å².